The van der Waals surface area contributed by atoms with Gasteiger partial charge in [0.15, 0.2) is 0 Å². The minimum absolute atomic E-state index is 0.0172. The third-order valence-corrected chi connectivity index (χ3v) is 8.19. The summed E-state index contributed by atoms with van der Waals surface area (Å²) < 4.78 is 39.5. The van der Waals surface area contributed by atoms with E-state index in [-0.39, 0.29) is 23.8 Å². The Morgan fingerprint density at radius 1 is 1.05 bits per heavy atom. The number of aryl methyl sites for hydroxylation is 1. The molecule has 0 aliphatic carbocycles. The highest BCUT2D eigenvalue weighted by molar-refractivity contribution is 7.92. The lowest BCUT2D eigenvalue weighted by molar-refractivity contribution is -0.136. The molecule has 2 N–H and O–H groups in total. The monoisotopic (exact) mass is 551 g/mol. The zero-order valence-electron chi connectivity index (χ0n) is 21.6. The summed E-state index contributed by atoms with van der Waals surface area (Å²) in [6.45, 7) is 1.62. The van der Waals surface area contributed by atoms with Crippen molar-refractivity contribution in [2.75, 3.05) is 30.7 Å². The largest absolute Gasteiger partial charge is 0.493 e. The molecule has 4 rings (SSSR count). The quantitative estimate of drug-likeness (QED) is 0.306. The number of para-hydroxylation sites is 1. The highest BCUT2D eigenvalue weighted by Gasteiger charge is 2.30. The Labute approximate surface area is 229 Å². The van der Waals surface area contributed by atoms with Crippen molar-refractivity contribution in [1.29, 1.82) is 0 Å². The van der Waals surface area contributed by atoms with Gasteiger partial charge in [0.2, 0.25) is 0 Å². The number of hydrogen-bond donors (Lipinski definition) is 2. The SMILES string of the molecule is O=C(O)CCc1ccccc1OCC[C@@H](O)/C=C/c1cccc(N(CC2COC2)S(=O)(=O)c2ccccc2)c1. The molecule has 0 spiro atoms. The number of anilines is 1. The van der Waals surface area contributed by atoms with Crippen molar-refractivity contribution in [2.45, 2.75) is 30.3 Å². The molecular weight excluding hydrogens is 518 g/mol. The number of nitrogens with zero attached hydrogens (tertiary/aromatic N) is 1. The van der Waals surface area contributed by atoms with E-state index >= 15 is 0 Å². The summed E-state index contributed by atoms with van der Waals surface area (Å²) in [7, 11) is -3.77. The lowest BCUT2D eigenvalue weighted by Gasteiger charge is -2.33. The molecule has 8 nitrogen and oxygen atoms in total. The number of aliphatic hydroxyl groups is 1. The Hall–Kier alpha value is -3.66. The van der Waals surface area contributed by atoms with Crippen LogP contribution in [0.3, 0.4) is 0 Å². The van der Waals surface area contributed by atoms with Gasteiger partial charge in [-0.15, -0.1) is 0 Å². The van der Waals surface area contributed by atoms with Crippen LogP contribution in [0.5, 0.6) is 5.75 Å². The van der Waals surface area contributed by atoms with Crippen LogP contribution in [0, 0.1) is 5.92 Å². The summed E-state index contributed by atoms with van der Waals surface area (Å²) in [5.74, 6) is -0.134. The van der Waals surface area contributed by atoms with E-state index in [4.69, 9.17) is 14.6 Å². The van der Waals surface area contributed by atoms with E-state index in [0.717, 1.165) is 11.1 Å². The minimum atomic E-state index is -3.77. The average molecular weight is 552 g/mol. The lowest BCUT2D eigenvalue weighted by Crippen LogP contribution is -2.42. The Kier molecular flexibility index (Phi) is 9.75. The maximum Gasteiger partial charge on any atom is 0.303 e. The second kappa shape index (κ2) is 13.4. The molecule has 0 unspecified atom stereocenters. The first-order valence-corrected chi connectivity index (χ1v) is 14.3. The molecule has 0 bridgehead atoms. The highest BCUT2D eigenvalue weighted by Crippen LogP contribution is 2.28. The van der Waals surface area contributed by atoms with E-state index in [1.54, 1.807) is 66.7 Å². The minimum Gasteiger partial charge on any atom is -0.493 e. The fraction of sp³-hybridized carbons (Fsp3) is 0.300. The highest BCUT2D eigenvalue weighted by atomic mass is 32.2. The fourth-order valence-electron chi connectivity index (χ4n) is 4.17. The fourth-order valence-corrected chi connectivity index (χ4v) is 5.72. The van der Waals surface area contributed by atoms with Crippen LogP contribution in [-0.4, -0.2) is 57.1 Å². The van der Waals surface area contributed by atoms with Gasteiger partial charge < -0.3 is 19.7 Å². The van der Waals surface area contributed by atoms with Gasteiger partial charge in [-0.05, 0) is 47.9 Å². The van der Waals surface area contributed by atoms with E-state index < -0.39 is 22.1 Å². The molecular formula is C30H33NO7S. The molecule has 39 heavy (non-hydrogen) atoms. The van der Waals surface area contributed by atoms with Gasteiger partial charge in [0.05, 0.1) is 36.5 Å². The number of ether oxygens (including phenoxy) is 2. The first-order chi connectivity index (χ1) is 18.8. The van der Waals surface area contributed by atoms with Crippen LogP contribution in [0.25, 0.3) is 6.08 Å². The Morgan fingerprint density at radius 3 is 2.51 bits per heavy atom. The Bertz CT molecular complexity index is 1370. The first-order valence-electron chi connectivity index (χ1n) is 12.9. The predicted octanol–water partition coefficient (Wildman–Crippen LogP) is 4.39. The summed E-state index contributed by atoms with van der Waals surface area (Å²) >= 11 is 0. The molecule has 0 amide bonds. The van der Waals surface area contributed by atoms with Crippen LogP contribution in [0.15, 0.2) is 89.8 Å². The van der Waals surface area contributed by atoms with Gasteiger partial charge in [-0.3, -0.25) is 9.10 Å². The summed E-state index contributed by atoms with van der Waals surface area (Å²) in [5.41, 5.74) is 2.11. The molecule has 1 fully saturated rings. The van der Waals surface area contributed by atoms with Crippen LogP contribution in [0.2, 0.25) is 0 Å². The molecule has 1 aliphatic rings. The van der Waals surface area contributed by atoms with Crippen molar-refractivity contribution in [3.63, 3.8) is 0 Å². The molecule has 3 aromatic carbocycles. The molecule has 1 aliphatic heterocycles. The van der Waals surface area contributed by atoms with Gasteiger partial charge in [0, 0.05) is 25.3 Å². The maximum absolute atomic E-state index is 13.5. The number of sulfonamides is 1. The Morgan fingerprint density at radius 2 is 1.79 bits per heavy atom. The number of carboxylic acid groups (broad SMARTS) is 1. The molecule has 0 saturated carbocycles. The number of aliphatic hydroxyl groups excluding tert-OH is 1. The second-order valence-electron chi connectivity index (χ2n) is 9.41. The van der Waals surface area contributed by atoms with Crippen molar-refractivity contribution >= 4 is 27.8 Å². The summed E-state index contributed by atoms with van der Waals surface area (Å²) in [6, 6.07) is 22.8. The second-order valence-corrected chi connectivity index (χ2v) is 11.3. The zero-order valence-corrected chi connectivity index (χ0v) is 22.4. The van der Waals surface area contributed by atoms with Crippen LogP contribution < -0.4 is 9.04 Å². The van der Waals surface area contributed by atoms with E-state index in [9.17, 15) is 18.3 Å². The van der Waals surface area contributed by atoms with Crippen LogP contribution in [0.4, 0.5) is 5.69 Å². The Balaban J connectivity index is 1.40. The van der Waals surface area contributed by atoms with Crippen LogP contribution >= 0.6 is 0 Å². The smallest absolute Gasteiger partial charge is 0.303 e. The van der Waals surface area contributed by atoms with Gasteiger partial charge in [-0.25, -0.2) is 8.42 Å². The van der Waals surface area contributed by atoms with Crippen molar-refractivity contribution < 1.29 is 32.9 Å². The molecule has 0 radical (unpaired) electrons. The first kappa shape index (κ1) is 28.4. The van der Waals surface area contributed by atoms with Gasteiger partial charge in [-0.1, -0.05) is 60.7 Å². The molecule has 1 atom stereocenters. The normalized spacial score (nSPS) is 14.6. The standard InChI is InChI=1S/C30H33NO7S/c32-27(17-18-38-29-12-5-4-8-25(29)14-16-30(33)34)15-13-23-7-6-9-26(19-23)31(20-24-21-37-22-24)39(35,36)28-10-2-1-3-11-28/h1-13,15,19,24,27,32H,14,16-18,20-22H2,(H,33,34)/b15-13+/t27-/m0/s1. The van der Waals surface area contributed by atoms with Gasteiger partial charge in [0.25, 0.3) is 10.0 Å². The van der Waals surface area contributed by atoms with Gasteiger partial charge in [0.1, 0.15) is 5.75 Å². The molecule has 9 heteroatoms. The number of carboxylic acids is 1. The average Bonchev–Trinajstić information content (AvgIpc) is 2.91. The molecule has 1 saturated heterocycles. The molecule has 1 heterocycles. The third kappa shape index (κ3) is 7.92. The van der Waals surface area contributed by atoms with Crippen LogP contribution in [-0.2, 0) is 26.0 Å². The van der Waals surface area contributed by atoms with E-state index in [2.05, 4.69) is 0 Å². The van der Waals surface area contributed by atoms with Gasteiger partial charge in [-0.2, -0.15) is 0 Å². The van der Waals surface area contributed by atoms with E-state index in [1.807, 2.05) is 24.3 Å². The van der Waals surface area contributed by atoms with E-state index in [1.165, 1.54) is 4.31 Å². The topological polar surface area (TPSA) is 113 Å². The maximum atomic E-state index is 13.5. The van der Waals surface area contributed by atoms with Crippen molar-refractivity contribution in [3.05, 3.63) is 96.1 Å². The predicted molar refractivity (Wildman–Crippen MR) is 149 cm³/mol. The van der Waals surface area contributed by atoms with Crippen molar-refractivity contribution in [3.8, 4) is 5.75 Å². The van der Waals surface area contributed by atoms with Gasteiger partial charge >= 0.3 is 5.97 Å². The number of rotatable bonds is 14. The van der Waals surface area contributed by atoms with Crippen molar-refractivity contribution in [1.82, 2.24) is 0 Å². The van der Waals surface area contributed by atoms with Crippen molar-refractivity contribution in [2.24, 2.45) is 5.92 Å². The lowest BCUT2D eigenvalue weighted by atomic mass is 10.1. The summed E-state index contributed by atoms with van der Waals surface area (Å²) in [5, 5.41) is 19.4. The summed E-state index contributed by atoms with van der Waals surface area (Å²) in [4.78, 5) is 11.1. The molecule has 3 aromatic rings. The molecule has 206 valence electrons. The number of benzene rings is 3. The third-order valence-electron chi connectivity index (χ3n) is 6.38. The zero-order chi connectivity index (χ0) is 27.7. The number of hydrogen-bond acceptors (Lipinski definition) is 6. The summed E-state index contributed by atoms with van der Waals surface area (Å²) in [6.07, 6.45) is 3.35. The number of carbonyl (C=O) groups is 1. The number of aliphatic carboxylic acids is 1. The van der Waals surface area contributed by atoms with Crippen LogP contribution in [0.1, 0.15) is 24.0 Å². The molecule has 0 aromatic heterocycles. The van der Waals surface area contributed by atoms with E-state index in [0.29, 0.717) is 44.0 Å².